The van der Waals surface area contributed by atoms with Crippen molar-refractivity contribution in [3.8, 4) is 11.8 Å². The topological polar surface area (TPSA) is 74.5 Å². The van der Waals surface area contributed by atoms with Crippen molar-refractivity contribution in [2.45, 2.75) is 24.0 Å². The summed E-state index contributed by atoms with van der Waals surface area (Å²) >= 11 is 1.49. The summed E-state index contributed by atoms with van der Waals surface area (Å²) < 4.78 is 5.17. The van der Waals surface area contributed by atoms with Crippen LogP contribution in [0.5, 0.6) is 5.75 Å². The number of ether oxygens (including phenoxy) is 1. The van der Waals surface area contributed by atoms with Crippen LogP contribution in [0.2, 0.25) is 0 Å². The summed E-state index contributed by atoms with van der Waals surface area (Å²) in [4.78, 5) is 13.1. The van der Waals surface area contributed by atoms with Gasteiger partial charge in [-0.25, -0.2) is 5.43 Å². The SMILES string of the molecule is Cc1ccc(S[C@H](C)C(=O)N/N=C\c2ccc(OCC#N)cc2)cc1. The van der Waals surface area contributed by atoms with E-state index in [1.165, 1.54) is 17.3 Å². The number of carbonyl (C=O) groups is 1. The summed E-state index contributed by atoms with van der Waals surface area (Å²) in [5.74, 6) is 0.460. The van der Waals surface area contributed by atoms with Gasteiger partial charge in [0.1, 0.15) is 11.8 Å². The summed E-state index contributed by atoms with van der Waals surface area (Å²) in [7, 11) is 0. The van der Waals surface area contributed by atoms with Crippen molar-refractivity contribution in [1.29, 1.82) is 5.26 Å². The first-order chi connectivity index (χ1) is 12.1. The lowest BCUT2D eigenvalue weighted by atomic mass is 10.2. The monoisotopic (exact) mass is 353 g/mol. The number of hydrazone groups is 1. The number of hydrogen-bond acceptors (Lipinski definition) is 5. The highest BCUT2D eigenvalue weighted by Crippen LogP contribution is 2.23. The molecule has 6 heteroatoms. The molecule has 0 heterocycles. The van der Waals surface area contributed by atoms with Crippen molar-refractivity contribution in [2.75, 3.05) is 6.61 Å². The zero-order valence-electron chi connectivity index (χ0n) is 14.1. The van der Waals surface area contributed by atoms with Gasteiger partial charge in [-0.2, -0.15) is 10.4 Å². The second-order valence-corrected chi connectivity index (χ2v) is 6.74. The van der Waals surface area contributed by atoms with Crippen LogP contribution in [0.3, 0.4) is 0 Å². The molecule has 25 heavy (non-hydrogen) atoms. The van der Waals surface area contributed by atoms with Crippen LogP contribution in [0.25, 0.3) is 0 Å². The highest BCUT2D eigenvalue weighted by atomic mass is 32.2. The molecule has 2 rings (SSSR count). The molecule has 0 aromatic heterocycles. The van der Waals surface area contributed by atoms with Gasteiger partial charge in [-0.15, -0.1) is 11.8 Å². The average molecular weight is 353 g/mol. The molecule has 0 aliphatic heterocycles. The lowest BCUT2D eigenvalue weighted by Gasteiger charge is -2.09. The fourth-order valence-electron chi connectivity index (χ4n) is 1.90. The Morgan fingerprint density at radius 3 is 2.60 bits per heavy atom. The van der Waals surface area contributed by atoms with Gasteiger partial charge in [-0.05, 0) is 55.8 Å². The number of benzene rings is 2. The molecular formula is C19H19N3O2S. The van der Waals surface area contributed by atoms with E-state index in [9.17, 15) is 4.79 Å². The van der Waals surface area contributed by atoms with E-state index in [0.29, 0.717) is 5.75 Å². The van der Waals surface area contributed by atoms with Gasteiger partial charge in [0.05, 0.1) is 11.5 Å². The minimum atomic E-state index is -0.249. The van der Waals surface area contributed by atoms with Crippen molar-refractivity contribution in [3.63, 3.8) is 0 Å². The number of carbonyl (C=O) groups excluding carboxylic acids is 1. The third-order valence-electron chi connectivity index (χ3n) is 3.27. The zero-order valence-corrected chi connectivity index (χ0v) is 14.9. The highest BCUT2D eigenvalue weighted by Gasteiger charge is 2.13. The van der Waals surface area contributed by atoms with Crippen molar-refractivity contribution < 1.29 is 9.53 Å². The van der Waals surface area contributed by atoms with Crippen molar-refractivity contribution in [2.24, 2.45) is 5.10 Å². The molecule has 0 aliphatic carbocycles. The Hall–Kier alpha value is -2.78. The molecule has 0 fully saturated rings. The van der Waals surface area contributed by atoms with Crippen LogP contribution in [0, 0.1) is 18.3 Å². The van der Waals surface area contributed by atoms with Gasteiger partial charge in [-0.1, -0.05) is 17.7 Å². The molecule has 0 unspecified atom stereocenters. The number of nitrogens with zero attached hydrogens (tertiary/aromatic N) is 2. The van der Waals surface area contributed by atoms with Crippen LogP contribution in [0.15, 0.2) is 58.5 Å². The van der Waals surface area contributed by atoms with Gasteiger partial charge in [0.15, 0.2) is 6.61 Å². The molecule has 1 atom stereocenters. The Morgan fingerprint density at radius 1 is 1.28 bits per heavy atom. The van der Waals surface area contributed by atoms with Crippen LogP contribution in [-0.2, 0) is 4.79 Å². The maximum absolute atomic E-state index is 12.1. The van der Waals surface area contributed by atoms with Gasteiger partial charge in [0, 0.05) is 4.90 Å². The van der Waals surface area contributed by atoms with Gasteiger partial charge >= 0.3 is 0 Å². The van der Waals surface area contributed by atoms with E-state index in [4.69, 9.17) is 10.00 Å². The second kappa shape index (κ2) is 9.50. The van der Waals surface area contributed by atoms with E-state index in [-0.39, 0.29) is 17.8 Å². The van der Waals surface area contributed by atoms with Gasteiger partial charge in [0.2, 0.25) is 0 Å². The first-order valence-electron chi connectivity index (χ1n) is 7.74. The van der Waals surface area contributed by atoms with E-state index in [0.717, 1.165) is 10.5 Å². The number of amides is 1. The van der Waals surface area contributed by atoms with Gasteiger partial charge in [-0.3, -0.25) is 4.79 Å². The Kier molecular flexibility index (Phi) is 7.05. The number of nitriles is 1. The predicted molar refractivity (Wildman–Crippen MR) is 99.8 cm³/mol. The number of thioether (sulfide) groups is 1. The lowest BCUT2D eigenvalue weighted by Crippen LogP contribution is -2.26. The van der Waals surface area contributed by atoms with Crippen LogP contribution in [0.4, 0.5) is 0 Å². The van der Waals surface area contributed by atoms with Gasteiger partial charge in [0.25, 0.3) is 5.91 Å². The summed E-state index contributed by atoms with van der Waals surface area (Å²) in [5, 5.41) is 12.2. The fraction of sp³-hybridized carbons (Fsp3) is 0.211. The molecule has 1 N–H and O–H groups in total. The predicted octanol–water partition coefficient (Wildman–Crippen LogP) is 3.53. The molecular weight excluding hydrogens is 334 g/mol. The fourth-order valence-corrected chi connectivity index (χ4v) is 2.76. The van der Waals surface area contributed by atoms with E-state index >= 15 is 0 Å². The van der Waals surface area contributed by atoms with E-state index < -0.39 is 0 Å². The lowest BCUT2D eigenvalue weighted by molar-refractivity contribution is -0.120. The molecule has 0 saturated heterocycles. The molecule has 0 aliphatic rings. The summed E-state index contributed by atoms with van der Waals surface area (Å²) in [5.41, 5.74) is 4.56. The molecule has 128 valence electrons. The minimum absolute atomic E-state index is 0.0139. The maximum Gasteiger partial charge on any atom is 0.253 e. The smallest absolute Gasteiger partial charge is 0.253 e. The third-order valence-corrected chi connectivity index (χ3v) is 4.39. The van der Waals surface area contributed by atoms with Crippen LogP contribution >= 0.6 is 11.8 Å². The van der Waals surface area contributed by atoms with Crippen molar-refractivity contribution in [1.82, 2.24) is 5.43 Å². The summed E-state index contributed by atoms with van der Waals surface area (Å²) in [6, 6.07) is 17.1. The summed E-state index contributed by atoms with van der Waals surface area (Å²) in [6.45, 7) is 3.89. The average Bonchev–Trinajstić information content (AvgIpc) is 2.62. The largest absolute Gasteiger partial charge is 0.479 e. The van der Waals surface area contributed by atoms with Crippen LogP contribution in [0.1, 0.15) is 18.1 Å². The quantitative estimate of drug-likeness (QED) is 0.469. The molecule has 0 bridgehead atoms. The zero-order chi connectivity index (χ0) is 18.1. The van der Waals surface area contributed by atoms with Crippen LogP contribution < -0.4 is 10.2 Å². The second-order valence-electron chi connectivity index (χ2n) is 5.32. The van der Waals surface area contributed by atoms with E-state index in [1.807, 2.05) is 44.2 Å². The van der Waals surface area contributed by atoms with E-state index in [1.54, 1.807) is 30.5 Å². The Morgan fingerprint density at radius 2 is 1.96 bits per heavy atom. The number of nitrogens with one attached hydrogen (secondary N) is 1. The molecule has 5 nitrogen and oxygen atoms in total. The minimum Gasteiger partial charge on any atom is -0.479 e. The molecule has 2 aromatic rings. The molecule has 2 aromatic carbocycles. The Bertz CT molecular complexity index is 765. The molecule has 1 amide bonds. The molecule has 0 saturated carbocycles. The third kappa shape index (κ3) is 6.32. The standard InChI is InChI=1S/C19H19N3O2S/c1-14-3-9-18(10-4-14)25-15(2)19(23)22-21-13-16-5-7-17(8-6-16)24-12-11-20/h3-10,13,15H,12H2,1-2H3,(H,22,23)/b21-13-/t15-/m1/s1. The Balaban J connectivity index is 1.82. The van der Waals surface area contributed by atoms with Crippen molar-refractivity contribution in [3.05, 3.63) is 59.7 Å². The Labute approximate surface area is 151 Å². The normalized spacial score (nSPS) is 11.7. The highest BCUT2D eigenvalue weighted by molar-refractivity contribution is 8.00. The molecule has 0 radical (unpaired) electrons. The van der Waals surface area contributed by atoms with Crippen LogP contribution in [-0.4, -0.2) is 24.0 Å². The first-order valence-corrected chi connectivity index (χ1v) is 8.62. The number of hydrogen-bond donors (Lipinski definition) is 1. The number of aryl methyl sites for hydroxylation is 1. The van der Waals surface area contributed by atoms with E-state index in [2.05, 4.69) is 10.5 Å². The summed E-state index contributed by atoms with van der Waals surface area (Å²) in [6.07, 6.45) is 1.56. The van der Waals surface area contributed by atoms with Crippen molar-refractivity contribution >= 4 is 23.9 Å². The maximum atomic E-state index is 12.1. The first kappa shape index (κ1) is 18.6. The number of rotatable bonds is 7. The molecule has 0 spiro atoms. The van der Waals surface area contributed by atoms with Gasteiger partial charge < -0.3 is 4.74 Å².